The lowest BCUT2D eigenvalue weighted by Gasteiger charge is -2.31. The minimum absolute atomic E-state index is 0.0230. The van der Waals surface area contributed by atoms with Gasteiger partial charge in [-0.05, 0) is 42.3 Å². The van der Waals surface area contributed by atoms with Crippen molar-refractivity contribution in [3.63, 3.8) is 0 Å². The van der Waals surface area contributed by atoms with Crippen LogP contribution in [0.1, 0.15) is 24.2 Å². The zero-order chi connectivity index (χ0) is 18.0. The maximum absolute atomic E-state index is 12.5. The first-order chi connectivity index (χ1) is 11.8. The fourth-order valence-corrected chi connectivity index (χ4v) is 3.33. The number of fused-ring (bicyclic) bond motifs is 1. The van der Waals surface area contributed by atoms with Crippen LogP contribution in [-0.2, 0) is 11.3 Å². The molecule has 1 unspecified atom stereocenters. The second kappa shape index (κ2) is 7.25. The zero-order valence-corrected chi connectivity index (χ0v) is 15.1. The Hall–Kier alpha value is -1.73. The number of halogens is 4. The highest BCUT2D eigenvalue weighted by atomic mass is 79.9. The zero-order valence-electron chi connectivity index (χ0n) is 13.5. The van der Waals surface area contributed by atoms with Gasteiger partial charge in [0.15, 0.2) is 0 Å². The molecule has 0 saturated carbocycles. The van der Waals surface area contributed by atoms with E-state index in [1.165, 1.54) is 12.1 Å². The number of hydrogen-bond acceptors (Lipinski definition) is 3. The lowest BCUT2D eigenvalue weighted by Crippen LogP contribution is -2.30. The molecule has 1 atom stereocenters. The fraction of sp³-hybridized carbons (Fsp3) is 0.333. The molecule has 2 aromatic rings. The Labute approximate surface area is 152 Å². The summed E-state index contributed by atoms with van der Waals surface area (Å²) in [6.45, 7) is 3.64. The molecule has 0 aromatic heterocycles. The van der Waals surface area contributed by atoms with Crippen LogP contribution >= 0.6 is 15.9 Å². The van der Waals surface area contributed by atoms with Crippen LogP contribution in [-0.4, -0.2) is 19.5 Å². The van der Waals surface area contributed by atoms with Crippen molar-refractivity contribution in [1.29, 1.82) is 0 Å². The van der Waals surface area contributed by atoms with Crippen molar-refractivity contribution in [3.8, 4) is 5.75 Å². The van der Waals surface area contributed by atoms with Crippen molar-refractivity contribution in [2.24, 2.45) is 0 Å². The van der Waals surface area contributed by atoms with Gasteiger partial charge in [0.25, 0.3) is 0 Å². The van der Waals surface area contributed by atoms with Crippen LogP contribution in [0.2, 0.25) is 0 Å². The summed E-state index contributed by atoms with van der Waals surface area (Å²) in [5, 5.41) is 0. The van der Waals surface area contributed by atoms with E-state index in [1.807, 2.05) is 30.0 Å². The molecule has 3 rings (SSSR count). The molecule has 7 heteroatoms. The smallest absolute Gasteiger partial charge is 0.406 e. The third-order valence-corrected chi connectivity index (χ3v) is 4.54. The molecule has 2 aromatic carbocycles. The van der Waals surface area contributed by atoms with E-state index < -0.39 is 6.36 Å². The summed E-state index contributed by atoms with van der Waals surface area (Å²) < 4.78 is 48.2. The standard InChI is InChI=1S/C18H17BrF3NO2/c1-12-17-6-5-14(19)9-13(17)11-23(7-8-24-12)15-3-2-4-16(10-15)25-18(20,21)22/h2-6,9-10,12H,7-8,11H2,1H3. The number of benzene rings is 2. The van der Waals surface area contributed by atoms with Gasteiger partial charge in [0.2, 0.25) is 0 Å². The molecule has 0 radical (unpaired) electrons. The Balaban J connectivity index is 1.90. The van der Waals surface area contributed by atoms with Crippen LogP contribution < -0.4 is 9.64 Å². The molecule has 0 N–H and O–H groups in total. The number of nitrogens with zero attached hydrogens (tertiary/aromatic N) is 1. The van der Waals surface area contributed by atoms with E-state index in [1.54, 1.807) is 12.1 Å². The van der Waals surface area contributed by atoms with Crippen molar-refractivity contribution >= 4 is 21.6 Å². The first kappa shape index (κ1) is 18.1. The number of hydrogen-bond donors (Lipinski definition) is 0. The Morgan fingerprint density at radius 2 is 2.00 bits per heavy atom. The normalized spacial score (nSPS) is 18.3. The van der Waals surface area contributed by atoms with Gasteiger partial charge in [-0.1, -0.05) is 28.1 Å². The highest BCUT2D eigenvalue weighted by Gasteiger charge is 2.31. The maximum atomic E-state index is 12.5. The van der Waals surface area contributed by atoms with E-state index in [9.17, 15) is 13.2 Å². The molecule has 0 aliphatic carbocycles. The monoisotopic (exact) mass is 415 g/mol. The summed E-state index contributed by atoms with van der Waals surface area (Å²) in [6.07, 6.45) is -4.73. The average molecular weight is 416 g/mol. The fourth-order valence-electron chi connectivity index (χ4n) is 2.92. The van der Waals surface area contributed by atoms with Crippen LogP contribution in [0.3, 0.4) is 0 Å². The van der Waals surface area contributed by atoms with Gasteiger partial charge in [-0.25, -0.2) is 0 Å². The van der Waals surface area contributed by atoms with Crippen molar-refractivity contribution in [3.05, 3.63) is 58.1 Å². The summed E-state index contributed by atoms with van der Waals surface area (Å²) in [5.41, 5.74) is 2.81. The number of anilines is 1. The van der Waals surface area contributed by atoms with E-state index >= 15 is 0 Å². The van der Waals surface area contributed by atoms with Crippen LogP contribution in [0.25, 0.3) is 0 Å². The van der Waals surface area contributed by atoms with Gasteiger partial charge in [-0.15, -0.1) is 13.2 Å². The molecular formula is C18H17BrF3NO2. The molecule has 0 bridgehead atoms. The SMILES string of the molecule is CC1OCCN(c2cccc(OC(F)(F)F)c2)Cc2cc(Br)ccc21. The maximum Gasteiger partial charge on any atom is 0.573 e. The largest absolute Gasteiger partial charge is 0.573 e. The van der Waals surface area contributed by atoms with E-state index in [0.717, 1.165) is 15.6 Å². The van der Waals surface area contributed by atoms with E-state index in [-0.39, 0.29) is 11.9 Å². The summed E-state index contributed by atoms with van der Waals surface area (Å²) in [7, 11) is 0. The second-order valence-electron chi connectivity index (χ2n) is 5.82. The Morgan fingerprint density at radius 3 is 2.76 bits per heavy atom. The predicted molar refractivity (Wildman–Crippen MR) is 92.7 cm³/mol. The van der Waals surface area contributed by atoms with Crippen LogP contribution in [0.4, 0.5) is 18.9 Å². The molecule has 0 amide bonds. The number of ether oxygens (including phenoxy) is 2. The summed E-state index contributed by atoms with van der Waals surface area (Å²) >= 11 is 3.47. The van der Waals surface area contributed by atoms with E-state index in [0.29, 0.717) is 25.4 Å². The van der Waals surface area contributed by atoms with Gasteiger partial charge in [0.05, 0.1) is 12.7 Å². The Kier molecular flexibility index (Phi) is 5.24. The summed E-state index contributed by atoms with van der Waals surface area (Å²) in [5.74, 6) is -0.226. The lowest BCUT2D eigenvalue weighted by molar-refractivity contribution is -0.274. The van der Waals surface area contributed by atoms with Crippen molar-refractivity contribution in [2.45, 2.75) is 25.9 Å². The predicted octanol–water partition coefficient (Wildman–Crippen LogP) is 5.45. The molecule has 134 valence electrons. The van der Waals surface area contributed by atoms with Crippen LogP contribution in [0, 0.1) is 0 Å². The summed E-state index contributed by atoms with van der Waals surface area (Å²) in [6, 6.07) is 12.0. The van der Waals surface area contributed by atoms with Crippen molar-refractivity contribution in [1.82, 2.24) is 0 Å². The highest BCUT2D eigenvalue weighted by Crippen LogP contribution is 2.31. The van der Waals surface area contributed by atoms with Gasteiger partial charge in [-0.3, -0.25) is 0 Å². The van der Waals surface area contributed by atoms with Crippen molar-refractivity contribution < 1.29 is 22.6 Å². The molecule has 0 spiro atoms. The van der Waals surface area contributed by atoms with E-state index in [4.69, 9.17) is 4.74 Å². The van der Waals surface area contributed by atoms with Gasteiger partial charge < -0.3 is 14.4 Å². The van der Waals surface area contributed by atoms with E-state index in [2.05, 4.69) is 20.7 Å². The summed E-state index contributed by atoms with van der Waals surface area (Å²) in [4.78, 5) is 1.99. The second-order valence-corrected chi connectivity index (χ2v) is 6.74. The molecule has 1 heterocycles. The molecule has 0 fully saturated rings. The van der Waals surface area contributed by atoms with Gasteiger partial charge in [-0.2, -0.15) is 0 Å². The first-order valence-corrected chi connectivity index (χ1v) is 8.62. The molecule has 0 saturated heterocycles. The molecule has 3 nitrogen and oxygen atoms in total. The highest BCUT2D eigenvalue weighted by molar-refractivity contribution is 9.10. The first-order valence-electron chi connectivity index (χ1n) is 7.82. The third kappa shape index (κ3) is 4.67. The molecular weight excluding hydrogens is 399 g/mol. The van der Waals surface area contributed by atoms with Gasteiger partial charge in [0, 0.05) is 29.3 Å². The van der Waals surface area contributed by atoms with Gasteiger partial charge in [0.1, 0.15) is 5.75 Å². The molecule has 1 aliphatic rings. The lowest BCUT2D eigenvalue weighted by atomic mass is 10.0. The Bertz CT molecular complexity index is 751. The quantitative estimate of drug-likeness (QED) is 0.651. The van der Waals surface area contributed by atoms with Crippen molar-refractivity contribution in [2.75, 3.05) is 18.1 Å². The van der Waals surface area contributed by atoms with Crippen LogP contribution in [0.5, 0.6) is 5.75 Å². The average Bonchev–Trinajstić information content (AvgIpc) is 2.51. The van der Waals surface area contributed by atoms with Gasteiger partial charge >= 0.3 is 6.36 Å². The molecule has 1 aliphatic heterocycles. The topological polar surface area (TPSA) is 21.7 Å². The Morgan fingerprint density at radius 1 is 1.20 bits per heavy atom. The number of alkyl halides is 3. The molecule has 25 heavy (non-hydrogen) atoms. The number of rotatable bonds is 2. The third-order valence-electron chi connectivity index (χ3n) is 4.05. The minimum Gasteiger partial charge on any atom is -0.406 e. The van der Waals surface area contributed by atoms with Crippen LogP contribution in [0.15, 0.2) is 46.9 Å². The minimum atomic E-state index is -4.70.